The number of rotatable bonds is 10. The second-order valence-electron chi connectivity index (χ2n) is 4.48. The zero-order valence-corrected chi connectivity index (χ0v) is 13.6. The Hall–Kier alpha value is -1.67. The second kappa shape index (κ2) is 10.1. The zero-order valence-electron chi connectivity index (χ0n) is 12.8. The lowest BCUT2D eigenvalue weighted by molar-refractivity contribution is -0.141. The summed E-state index contributed by atoms with van der Waals surface area (Å²) in [5, 5.41) is 0. The van der Waals surface area contributed by atoms with E-state index in [0.29, 0.717) is 18.9 Å². The highest BCUT2D eigenvalue weighted by Gasteiger charge is 2.11. The molecule has 1 unspecified atom stereocenters. The van der Waals surface area contributed by atoms with E-state index >= 15 is 0 Å². The maximum atomic E-state index is 11.8. The number of hydrogen-bond acceptors (Lipinski definition) is 6. The van der Waals surface area contributed by atoms with Crippen molar-refractivity contribution in [3.63, 3.8) is 0 Å². The number of esters is 1. The smallest absolute Gasteiger partial charge is 0.318 e. The predicted octanol–water partition coefficient (Wildman–Crippen LogP) is 0.602. The number of H-pyrrole nitrogens is 1. The minimum absolute atomic E-state index is 0.0721. The van der Waals surface area contributed by atoms with Gasteiger partial charge in [-0.05, 0) is 6.42 Å². The molecule has 1 aromatic rings. The van der Waals surface area contributed by atoms with Crippen molar-refractivity contribution in [2.45, 2.75) is 19.1 Å². The molecule has 0 aliphatic heterocycles. The molecule has 8 heteroatoms. The molecule has 0 aromatic carbocycles. The minimum Gasteiger partial charge on any atom is -0.488 e. The Kier molecular flexibility index (Phi) is 8.46. The van der Waals surface area contributed by atoms with Crippen molar-refractivity contribution in [3.05, 3.63) is 28.2 Å². The highest BCUT2D eigenvalue weighted by atomic mass is 32.2. The van der Waals surface area contributed by atoms with Crippen LogP contribution in [0.5, 0.6) is 5.75 Å². The monoisotopic (exact) mass is 331 g/mol. The Bertz CT molecular complexity index is 557. The van der Waals surface area contributed by atoms with E-state index in [1.165, 1.54) is 19.4 Å². The van der Waals surface area contributed by atoms with Gasteiger partial charge in [-0.2, -0.15) is 0 Å². The topological polar surface area (TPSA) is 94.7 Å². The lowest BCUT2D eigenvalue weighted by Crippen LogP contribution is -2.18. The highest BCUT2D eigenvalue weighted by molar-refractivity contribution is 7.84. The quantitative estimate of drug-likeness (QED) is 0.498. The summed E-state index contributed by atoms with van der Waals surface area (Å²) in [4.78, 5) is 26.0. The predicted molar refractivity (Wildman–Crippen MR) is 82.4 cm³/mol. The first kappa shape index (κ1) is 18.4. The molecule has 0 aliphatic rings. The largest absolute Gasteiger partial charge is 0.488 e. The molecular formula is C14H21NO6S. The Labute approximate surface area is 131 Å². The van der Waals surface area contributed by atoms with E-state index in [2.05, 4.69) is 4.98 Å². The van der Waals surface area contributed by atoms with Gasteiger partial charge in [0.15, 0.2) is 5.75 Å². The molecule has 1 N–H and O–H groups in total. The normalized spacial score (nSPS) is 11.9. The van der Waals surface area contributed by atoms with Crippen molar-refractivity contribution in [1.29, 1.82) is 0 Å². The number of methoxy groups -OCH3 is 1. The Morgan fingerprint density at radius 2 is 2.09 bits per heavy atom. The summed E-state index contributed by atoms with van der Waals surface area (Å²) < 4.78 is 26.7. The van der Waals surface area contributed by atoms with Crippen LogP contribution in [0.4, 0.5) is 0 Å². The number of carbonyl (C=O) groups is 1. The molecule has 0 bridgehead atoms. The van der Waals surface area contributed by atoms with Gasteiger partial charge >= 0.3 is 5.97 Å². The fourth-order valence-electron chi connectivity index (χ4n) is 1.54. The number of pyridine rings is 1. The van der Waals surface area contributed by atoms with Crippen molar-refractivity contribution >= 4 is 16.8 Å². The summed E-state index contributed by atoms with van der Waals surface area (Å²) in [7, 11) is 0.0432. The van der Waals surface area contributed by atoms with Crippen molar-refractivity contribution in [2.75, 3.05) is 32.7 Å². The first-order valence-electron chi connectivity index (χ1n) is 6.90. The molecule has 0 saturated heterocycles. The standard InChI is InChI=1S/C14H21NO6S/c1-3-4-20-13-8-15-11(7-12(13)16)9-22(18)10-14(17)21-6-5-19-2/h7-8H,3-6,9-10H2,1-2H3,(H,15,16). The van der Waals surface area contributed by atoms with Crippen molar-refractivity contribution in [1.82, 2.24) is 4.98 Å². The third kappa shape index (κ3) is 6.86. The molecular weight excluding hydrogens is 310 g/mol. The molecule has 0 radical (unpaired) electrons. The summed E-state index contributed by atoms with van der Waals surface area (Å²) in [6.45, 7) is 2.83. The lowest BCUT2D eigenvalue weighted by atomic mass is 10.3. The highest BCUT2D eigenvalue weighted by Crippen LogP contribution is 2.05. The average Bonchev–Trinajstić information content (AvgIpc) is 2.46. The van der Waals surface area contributed by atoms with Crippen LogP contribution < -0.4 is 10.2 Å². The molecule has 124 valence electrons. The SMILES string of the molecule is CCCOc1c[nH]c(CS(=O)CC(=O)OCCOC)cc1=O. The van der Waals surface area contributed by atoms with Crippen LogP contribution in [0.2, 0.25) is 0 Å². The third-order valence-corrected chi connectivity index (χ3v) is 3.74. The van der Waals surface area contributed by atoms with Gasteiger partial charge in [-0.15, -0.1) is 0 Å². The molecule has 0 fully saturated rings. The molecule has 1 rings (SSSR count). The van der Waals surface area contributed by atoms with Gasteiger partial charge in [0.1, 0.15) is 12.4 Å². The van der Waals surface area contributed by atoms with E-state index < -0.39 is 16.8 Å². The molecule has 0 aliphatic carbocycles. The number of nitrogens with one attached hydrogen (secondary N) is 1. The number of aromatic nitrogens is 1. The Morgan fingerprint density at radius 1 is 1.32 bits per heavy atom. The van der Waals surface area contributed by atoms with Gasteiger partial charge in [0.25, 0.3) is 0 Å². The number of hydrogen-bond donors (Lipinski definition) is 1. The van der Waals surface area contributed by atoms with Gasteiger partial charge in [-0.1, -0.05) is 6.92 Å². The zero-order chi connectivity index (χ0) is 16.4. The molecule has 1 atom stereocenters. The molecule has 22 heavy (non-hydrogen) atoms. The van der Waals surface area contributed by atoms with Gasteiger partial charge in [0.05, 0.1) is 19.0 Å². The summed E-state index contributed by atoms with van der Waals surface area (Å²) in [6, 6.07) is 1.33. The fraction of sp³-hybridized carbons (Fsp3) is 0.571. The van der Waals surface area contributed by atoms with Crippen LogP contribution in [0, 0.1) is 0 Å². The summed E-state index contributed by atoms with van der Waals surface area (Å²) in [5.41, 5.74) is 0.207. The van der Waals surface area contributed by atoms with Crippen LogP contribution in [0.3, 0.4) is 0 Å². The molecule has 1 heterocycles. The van der Waals surface area contributed by atoms with E-state index in [1.54, 1.807) is 0 Å². The summed E-state index contributed by atoms with van der Waals surface area (Å²) >= 11 is 0. The van der Waals surface area contributed by atoms with Crippen LogP contribution in [-0.2, 0) is 30.8 Å². The van der Waals surface area contributed by atoms with Crippen LogP contribution in [0.25, 0.3) is 0 Å². The maximum absolute atomic E-state index is 11.8. The van der Waals surface area contributed by atoms with Gasteiger partial charge < -0.3 is 19.2 Å². The fourth-order valence-corrected chi connectivity index (χ4v) is 2.51. The van der Waals surface area contributed by atoms with Crippen molar-refractivity contribution < 1.29 is 23.2 Å². The van der Waals surface area contributed by atoms with Gasteiger partial charge in [0, 0.05) is 35.9 Å². The van der Waals surface area contributed by atoms with Crippen LogP contribution in [0.15, 0.2) is 17.1 Å². The average molecular weight is 331 g/mol. The number of aromatic amines is 1. The van der Waals surface area contributed by atoms with Crippen LogP contribution >= 0.6 is 0 Å². The second-order valence-corrected chi connectivity index (χ2v) is 5.93. The van der Waals surface area contributed by atoms with E-state index in [1.807, 2.05) is 6.92 Å². The summed E-state index contributed by atoms with van der Waals surface area (Å²) in [5.74, 6) is -0.473. The van der Waals surface area contributed by atoms with Crippen molar-refractivity contribution in [3.8, 4) is 5.75 Å². The first-order chi connectivity index (χ1) is 10.6. The minimum atomic E-state index is -1.45. The number of carbonyl (C=O) groups excluding carboxylic acids is 1. The lowest BCUT2D eigenvalue weighted by Gasteiger charge is -2.06. The summed E-state index contributed by atoms with van der Waals surface area (Å²) in [6.07, 6.45) is 2.25. The molecule has 0 amide bonds. The van der Waals surface area contributed by atoms with Crippen LogP contribution in [-0.4, -0.2) is 47.8 Å². The first-order valence-corrected chi connectivity index (χ1v) is 8.39. The van der Waals surface area contributed by atoms with Crippen LogP contribution in [0.1, 0.15) is 19.0 Å². The molecule has 7 nitrogen and oxygen atoms in total. The molecule has 0 spiro atoms. The van der Waals surface area contributed by atoms with E-state index in [9.17, 15) is 13.8 Å². The Morgan fingerprint density at radius 3 is 2.73 bits per heavy atom. The van der Waals surface area contributed by atoms with E-state index in [0.717, 1.165) is 6.42 Å². The van der Waals surface area contributed by atoms with E-state index in [4.69, 9.17) is 14.2 Å². The van der Waals surface area contributed by atoms with E-state index in [-0.39, 0.29) is 29.3 Å². The van der Waals surface area contributed by atoms with Gasteiger partial charge in [0.2, 0.25) is 5.43 Å². The third-order valence-electron chi connectivity index (χ3n) is 2.54. The van der Waals surface area contributed by atoms with Gasteiger partial charge in [-0.3, -0.25) is 13.8 Å². The van der Waals surface area contributed by atoms with Gasteiger partial charge in [-0.25, -0.2) is 0 Å². The number of ether oxygens (including phenoxy) is 3. The molecule has 1 aromatic heterocycles. The van der Waals surface area contributed by atoms with Crippen molar-refractivity contribution in [2.24, 2.45) is 0 Å². The molecule has 0 saturated carbocycles. The Balaban J connectivity index is 2.49. The maximum Gasteiger partial charge on any atom is 0.318 e.